The Balaban J connectivity index is 1.17. The highest BCUT2D eigenvalue weighted by Crippen LogP contribution is 2.49. The van der Waals surface area contributed by atoms with Crippen LogP contribution in [0.15, 0.2) is 53.7 Å². The summed E-state index contributed by atoms with van der Waals surface area (Å²) in [5, 5.41) is 2.37. The summed E-state index contributed by atoms with van der Waals surface area (Å²) in [7, 11) is 0. The number of carbonyl (C=O) groups is 3. The molecule has 2 saturated heterocycles. The Morgan fingerprint density at radius 1 is 1.13 bits per heavy atom. The summed E-state index contributed by atoms with van der Waals surface area (Å²) in [5.41, 5.74) is 10.1. The van der Waals surface area contributed by atoms with Gasteiger partial charge in [-0.05, 0) is 62.3 Å². The highest BCUT2D eigenvalue weighted by atomic mass is 16.5. The zero-order valence-electron chi connectivity index (χ0n) is 21.2. The average Bonchev–Trinajstić information content (AvgIpc) is 3.44. The average molecular weight is 514 g/mol. The van der Waals surface area contributed by atoms with E-state index in [-0.39, 0.29) is 23.7 Å². The maximum Gasteiger partial charge on any atom is 0.255 e. The van der Waals surface area contributed by atoms with E-state index in [1.165, 1.54) is 17.3 Å². The lowest BCUT2D eigenvalue weighted by atomic mass is 9.74. The molecule has 1 spiro atoms. The molecule has 0 saturated carbocycles. The number of fused-ring (bicyclic) bond motifs is 4. The number of carbonyl (C=O) groups excluding carboxylic acids is 3. The van der Waals surface area contributed by atoms with Crippen molar-refractivity contribution in [1.29, 1.82) is 0 Å². The van der Waals surface area contributed by atoms with Crippen LogP contribution in [0.4, 0.5) is 5.69 Å². The number of nitrogens with one attached hydrogen (secondary N) is 1. The zero-order valence-corrected chi connectivity index (χ0v) is 21.2. The van der Waals surface area contributed by atoms with E-state index in [2.05, 4.69) is 27.3 Å². The lowest BCUT2D eigenvalue weighted by Crippen LogP contribution is -2.52. The molecule has 1 atom stereocenters. The van der Waals surface area contributed by atoms with Gasteiger partial charge in [0.15, 0.2) is 0 Å². The minimum Gasteiger partial charge on any atom is -0.492 e. The Morgan fingerprint density at radius 2 is 1.95 bits per heavy atom. The largest absolute Gasteiger partial charge is 0.492 e. The summed E-state index contributed by atoms with van der Waals surface area (Å²) in [4.78, 5) is 45.8. The van der Waals surface area contributed by atoms with E-state index in [1.807, 2.05) is 24.3 Å². The van der Waals surface area contributed by atoms with Crippen LogP contribution >= 0.6 is 0 Å². The number of amides is 3. The predicted octanol–water partition coefficient (Wildman–Crippen LogP) is 2.55. The lowest BCUT2D eigenvalue weighted by molar-refractivity contribution is -0.136. The van der Waals surface area contributed by atoms with Crippen LogP contribution in [0.2, 0.25) is 0 Å². The molecule has 1 unspecified atom stereocenters. The normalized spacial score (nSPS) is 22.8. The molecule has 4 aliphatic heterocycles. The van der Waals surface area contributed by atoms with Gasteiger partial charge >= 0.3 is 0 Å². The summed E-state index contributed by atoms with van der Waals surface area (Å²) >= 11 is 0. The summed E-state index contributed by atoms with van der Waals surface area (Å²) in [6, 6.07) is 11.5. The fourth-order valence-electron chi connectivity index (χ4n) is 6.22. The second-order valence-corrected chi connectivity index (χ2v) is 10.5. The fraction of sp³-hybridized carbons (Fsp3) is 0.379. The molecule has 3 N–H and O–H groups in total. The Kier molecular flexibility index (Phi) is 6.23. The molecular weight excluding hydrogens is 482 g/mol. The van der Waals surface area contributed by atoms with Crippen molar-refractivity contribution in [3.8, 4) is 5.75 Å². The van der Waals surface area contributed by atoms with Crippen molar-refractivity contribution >= 4 is 29.6 Å². The third-order valence-corrected chi connectivity index (χ3v) is 8.34. The highest BCUT2D eigenvalue weighted by molar-refractivity contribution is 6.05. The van der Waals surface area contributed by atoms with Crippen molar-refractivity contribution in [1.82, 2.24) is 15.1 Å². The van der Waals surface area contributed by atoms with E-state index in [0.717, 1.165) is 49.5 Å². The van der Waals surface area contributed by atoms with Crippen molar-refractivity contribution < 1.29 is 19.1 Å². The predicted molar refractivity (Wildman–Crippen MR) is 142 cm³/mol. The molecule has 4 heterocycles. The van der Waals surface area contributed by atoms with Crippen molar-refractivity contribution in [2.75, 3.05) is 19.7 Å². The number of nitrogens with two attached hydrogens (primary N) is 1. The second kappa shape index (κ2) is 9.72. The van der Waals surface area contributed by atoms with Gasteiger partial charge < -0.3 is 15.4 Å². The quantitative estimate of drug-likeness (QED) is 0.469. The first kappa shape index (κ1) is 24.4. The number of likely N-dealkylation sites (tertiary alicyclic amines) is 1. The van der Waals surface area contributed by atoms with Crippen LogP contribution < -0.4 is 15.8 Å². The first-order valence-corrected chi connectivity index (χ1v) is 13.1. The van der Waals surface area contributed by atoms with Gasteiger partial charge in [0.25, 0.3) is 5.91 Å². The zero-order chi connectivity index (χ0) is 26.3. The van der Waals surface area contributed by atoms with Crippen molar-refractivity contribution in [3.63, 3.8) is 0 Å². The number of benzene rings is 2. The van der Waals surface area contributed by atoms with Crippen LogP contribution in [0.25, 0.3) is 0 Å². The van der Waals surface area contributed by atoms with Crippen LogP contribution in [0, 0.1) is 0 Å². The Hall–Kier alpha value is -3.98. The minimum atomic E-state index is -0.625. The minimum absolute atomic E-state index is 0.0739. The maximum absolute atomic E-state index is 13.2. The third kappa shape index (κ3) is 4.16. The van der Waals surface area contributed by atoms with Crippen molar-refractivity contribution in [3.05, 3.63) is 70.9 Å². The van der Waals surface area contributed by atoms with Gasteiger partial charge in [0.2, 0.25) is 11.8 Å². The molecule has 38 heavy (non-hydrogen) atoms. The van der Waals surface area contributed by atoms with Crippen LogP contribution in [0.3, 0.4) is 0 Å². The number of hydrogen-bond donors (Lipinski definition) is 2. The summed E-state index contributed by atoms with van der Waals surface area (Å²) in [6.07, 6.45) is 7.41. The second-order valence-electron chi connectivity index (χ2n) is 10.5. The molecular formula is C29H31N5O4. The molecule has 0 bridgehead atoms. The maximum atomic E-state index is 13.2. The monoisotopic (exact) mass is 513 g/mol. The number of para-hydroxylation sites is 1. The number of aliphatic imine (C=N–C) groups is 1. The van der Waals surface area contributed by atoms with E-state index < -0.39 is 11.9 Å². The van der Waals surface area contributed by atoms with Crippen LogP contribution in [-0.4, -0.2) is 59.5 Å². The van der Waals surface area contributed by atoms with Crippen molar-refractivity contribution in [2.24, 2.45) is 10.7 Å². The summed E-state index contributed by atoms with van der Waals surface area (Å²) in [6.45, 7) is 3.63. The smallest absolute Gasteiger partial charge is 0.255 e. The molecule has 0 radical (unpaired) electrons. The van der Waals surface area contributed by atoms with E-state index in [9.17, 15) is 14.4 Å². The van der Waals surface area contributed by atoms with Gasteiger partial charge in [-0.3, -0.25) is 29.6 Å². The fourth-order valence-corrected chi connectivity index (χ4v) is 6.22. The van der Waals surface area contributed by atoms with E-state index in [0.29, 0.717) is 25.1 Å². The number of allylic oxidation sites excluding steroid dienone is 1. The molecule has 0 aliphatic carbocycles. The molecule has 2 aromatic rings. The summed E-state index contributed by atoms with van der Waals surface area (Å²) in [5.74, 6) is -0.0357. The molecule has 0 aromatic heterocycles. The van der Waals surface area contributed by atoms with E-state index in [1.54, 1.807) is 17.2 Å². The number of rotatable bonds is 5. The van der Waals surface area contributed by atoms with Gasteiger partial charge in [-0.2, -0.15) is 0 Å². The van der Waals surface area contributed by atoms with Crippen LogP contribution in [-0.2, 0) is 28.1 Å². The van der Waals surface area contributed by atoms with Gasteiger partial charge in [0.1, 0.15) is 11.8 Å². The first-order valence-electron chi connectivity index (χ1n) is 13.1. The molecule has 9 nitrogen and oxygen atoms in total. The molecule has 2 aromatic carbocycles. The standard InChI is InChI=1S/C29H31N5O4/c30-12-3-13-31-23-5-2-1-4-19(23)16-33-14-10-29(11-15-33)18-38-26-21-17-34(24-8-9-25(35)32-27(24)36)28(37)20(21)6-7-22(26)29/h1-7,12-13,24H,8-11,14-18,30H2,(H,32,35,36)/b12-3-,31-13?. The van der Waals surface area contributed by atoms with E-state index in [4.69, 9.17) is 10.5 Å². The SMILES string of the molecule is N/C=C\C=Nc1ccccc1CN1CCC2(CC1)COc1c2ccc2c1CN(C1CCC(=O)NC1=O)C2=O. The third-order valence-electron chi connectivity index (χ3n) is 8.34. The van der Waals surface area contributed by atoms with Gasteiger partial charge in [0, 0.05) is 41.3 Å². The number of imide groups is 1. The molecule has 6 rings (SSSR count). The number of nitrogens with zero attached hydrogens (tertiary/aromatic N) is 3. The summed E-state index contributed by atoms with van der Waals surface area (Å²) < 4.78 is 6.30. The van der Waals surface area contributed by atoms with Crippen LogP contribution in [0.5, 0.6) is 5.75 Å². The van der Waals surface area contributed by atoms with Gasteiger partial charge in [-0.25, -0.2) is 0 Å². The molecule has 3 amide bonds. The van der Waals surface area contributed by atoms with Crippen LogP contribution in [0.1, 0.15) is 52.7 Å². The van der Waals surface area contributed by atoms with Gasteiger partial charge in [-0.15, -0.1) is 0 Å². The molecule has 9 heteroatoms. The lowest BCUT2D eigenvalue weighted by Gasteiger charge is -2.38. The Bertz CT molecular complexity index is 1360. The number of hydrogen-bond acceptors (Lipinski definition) is 7. The molecule has 196 valence electrons. The highest BCUT2D eigenvalue weighted by Gasteiger charge is 2.47. The Labute approximate surface area is 221 Å². The topological polar surface area (TPSA) is 117 Å². The number of piperidine rings is 2. The van der Waals surface area contributed by atoms with Gasteiger partial charge in [0.05, 0.1) is 18.8 Å². The van der Waals surface area contributed by atoms with E-state index >= 15 is 0 Å². The molecule has 4 aliphatic rings. The Morgan fingerprint density at radius 3 is 2.74 bits per heavy atom. The number of ether oxygens (including phenoxy) is 1. The van der Waals surface area contributed by atoms with Crippen molar-refractivity contribution in [2.45, 2.75) is 50.2 Å². The van der Waals surface area contributed by atoms with Gasteiger partial charge in [-0.1, -0.05) is 24.3 Å². The molecule has 2 fully saturated rings. The first-order chi connectivity index (χ1) is 18.5.